The number of benzene rings is 3. The molecule has 0 atom stereocenters. The number of aromatic nitrogens is 1. The van der Waals surface area contributed by atoms with Gasteiger partial charge in [-0.3, -0.25) is 9.98 Å². The van der Waals surface area contributed by atoms with Crippen LogP contribution in [0.1, 0.15) is 27.9 Å². The van der Waals surface area contributed by atoms with Crippen molar-refractivity contribution >= 4 is 34.2 Å². The Morgan fingerprint density at radius 3 is 2.34 bits per heavy atom. The number of pyridine rings is 1. The zero-order valence-corrected chi connectivity index (χ0v) is 17.3. The summed E-state index contributed by atoms with van der Waals surface area (Å²) in [7, 11) is 0. The summed E-state index contributed by atoms with van der Waals surface area (Å²) in [6.07, 6.45) is 1.94. The lowest BCUT2D eigenvalue weighted by Gasteiger charge is -2.11. The molecular formula is C26H25N3. The summed E-state index contributed by atoms with van der Waals surface area (Å²) in [5, 5.41) is 4.72. The van der Waals surface area contributed by atoms with Crippen molar-refractivity contribution < 1.29 is 0 Å². The molecule has 29 heavy (non-hydrogen) atoms. The first-order chi connectivity index (χ1) is 14.0. The largest absolute Gasteiger partial charge is 0.355 e. The molecule has 3 aromatic carbocycles. The lowest BCUT2D eigenvalue weighted by Crippen LogP contribution is -1.96. The molecular weight excluding hydrogens is 354 g/mol. The normalized spacial score (nSPS) is 11.3. The maximum absolute atomic E-state index is 4.77. The van der Waals surface area contributed by atoms with E-state index in [0.717, 1.165) is 33.8 Å². The molecule has 1 heterocycles. The monoisotopic (exact) mass is 379 g/mol. The van der Waals surface area contributed by atoms with Crippen molar-refractivity contribution in [2.45, 2.75) is 27.7 Å². The Kier molecular flexibility index (Phi) is 5.13. The van der Waals surface area contributed by atoms with Crippen LogP contribution < -0.4 is 5.32 Å². The fourth-order valence-electron chi connectivity index (χ4n) is 3.67. The number of fused-ring (bicyclic) bond motifs is 1. The molecule has 0 unspecified atom stereocenters. The average Bonchev–Trinajstić information content (AvgIpc) is 2.68. The van der Waals surface area contributed by atoms with E-state index in [1.54, 1.807) is 0 Å². The van der Waals surface area contributed by atoms with Gasteiger partial charge in [-0.15, -0.1) is 0 Å². The number of rotatable bonds is 4. The van der Waals surface area contributed by atoms with Gasteiger partial charge >= 0.3 is 0 Å². The predicted molar refractivity (Wildman–Crippen MR) is 124 cm³/mol. The summed E-state index contributed by atoms with van der Waals surface area (Å²) >= 11 is 0. The molecule has 0 aliphatic rings. The van der Waals surface area contributed by atoms with Crippen molar-refractivity contribution in [3.8, 4) is 0 Å². The standard InChI is InChI=1S/C26H25N3/c1-17-8-7-9-18(2)26(17)27-16-21-10-5-6-11-24(21)29-22-12-13-23-19(3)14-20(4)28-25(23)15-22/h5-16,29H,1-4H3. The molecule has 0 saturated carbocycles. The second kappa shape index (κ2) is 7.88. The number of aryl methyl sites for hydroxylation is 4. The zero-order valence-electron chi connectivity index (χ0n) is 17.3. The van der Waals surface area contributed by atoms with Gasteiger partial charge in [-0.2, -0.15) is 0 Å². The van der Waals surface area contributed by atoms with Gasteiger partial charge in [0.2, 0.25) is 0 Å². The molecule has 4 rings (SSSR count). The Balaban J connectivity index is 1.67. The van der Waals surface area contributed by atoms with E-state index < -0.39 is 0 Å². The van der Waals surface area contributed by atoms with E-state index in [1.807, 2.05) is 25.3 Å². The van der Waals surface area contributed by atoms with Crippen LogP contribution in [0.2, 0.25) is 0 Å². The van der Waals surface area contributed by atoms with Crippen LogP contribution in [0.5, 0.6) is 0 Å². The molecule has 0 aliphatic carbocycles. The van der Waals surface area contributed by atoms with E-state index in [2.05, 4.69) is 80.7 Å². The quantitative estimate of drug-likeness (QED) is 0.389. The number of para-hydroxylation sites is 2. The molecule has 0 amide bonds. The van der Waals surface area contributed by atoms with E-state index in [4.69, 9.17) is 9.98 Å². The minimum absolute atomic E-state index is 1.01. The van der Waals surface area contributed by atoms with Crippen LogP contribution >= 0.6 is 0 Å². The van der Waals surface area contributed by atoms with Gasteiger partial charge in [0, 0.05) is 34.2 Å². The van der Waals surface area contributed by atoms with Crippen LogP contribution in [0.3, 0.4) is 0 Å². The van der Waals surface area contributed by atoms with Crippen LogP contribution in [0.15, 0.2) is 71.7 Å². The van der Waals surface area contributed by atoms with E-state index in [1.165, 1.54) is 22.1 Å². The topological polar surface area (TPSA) is 37.3 Å². The Labute approximate surface area is 172 Å². The first-order valence-corrected chi connectivity index (χ1v) is 9.85. The summed E-state index contributed by atoms with van der Waals surface area (Å²) in [5.41, 5.74) is 9.76. The Morgan fingerprint density at radius 1 is 0.793 bits per heavy atom. The van der Waals surface area contributed by atoms with Crippen LogP contribution in [0.4, 0.5) is 17.1 Å². The van der Waals surface area contributed by atoms with Gasteiger partial charge < -0.3 is 5.32 Å². The van der Waals surface area contributed by atoms with Crippen molar-refractivity contribution in [3.05, 3.63) is 94.7 Å². The zero-order chi connectivity index (χ0) is 20.4. The number of nitrogens with one attached hydrogen (secondary N) is 1. The summed E-state index contributed by atoms with van der Waals surface area (Å²) in [4.78, 5) is 9.46. The summed E-state index contributed by atoms with van der Waals surface area (Å²) < 4.78 is 0. The second-order valence-corrected chi connectivity index (χ2v) is 7.52. The molecule has 4 aromatic rings. The van der Waals surface area contributed by atoms with Gasteiger partial charge in [0.15, 0.2) is 0 Å². The van der Waals surface area contributed by atoms with Gasteiger partial charge in [-0.1, -0.05) is 42.5 Å². The number of nitrogens with zero attached hydrogens (tertiary/aromatic N) is 2. The smallest absolute Gasteiger partial charge is 0.0728 e. The fraction of sp³-hybridized carbons (Fsp3) is 0.154. The molecule has 3 nitrogen and oxygen atoms in total. The van der Waals surface area contributed by atoms with E-state index in [-0.39, 0.29) is 0 Å². The number of hydrogen-bond donors (Lipinski definition) is 1. The van der Waals surface area contributed by atoms with E-state index >= 15 is 0 Å². The van der Waals surface area contributed by atoms with Crippen molar-refractivity contribution in [1.82, 2.24) is 4.98 Å². The first-order valence-electron chi connectivity index (χ1n) is 9.85. The molecule has 0 aliphatic heterocycles. The molecule has 0 radical (unpaired) electrons. The van der Waals surface area contributed by atoms with E-state index in [9.17, 15) is 0 Å². The Morgan fingerprint density at radius 2 is 1.55 bits per heavy atom. The molecule has 1 N–H and O–H groups in total. The maximum Gasteiger partial charge on any atom is 0.0728 e. The van der Waals surface area contributed by atoms with Crippen molar-refractivity contribution in [3.63, 3.8) is 0 Å². The minimum Gasteiger partial charge on any atom is -0.355 e. The third-order valence-electron chi connectivity index (χ3n) is 5.16. The summed E-state index contributed by atoms with van der Waals surface area (Å²) in [6, 6.07) is 22.9. The minimum atomic E-state index is 1.01. The highest BCUT2D eigenvalue weighted by atomic mass is 14.9. The highest BCUT2D eigenvalue weighted by Crippen LogP contribution is 2.27. The van der Waals surface area contributed by atoms with Crippen LogP contribution in [-0.4, -0.2) is 11.2 Å². The first kappa shape index (κ1) is 18.9. The maximum atomic E-state index is 4.77. The summed E-state index contributed by atoms with van der Waals surface area (Å²) in [5.74, 6) is 0. The van der Waals surface area contributed by atoms with Gasteiger partial charge in [-0.05, 0) is 68.7 Å². The number of anilines is 2. The second-order valence-electron chi connectivity index (χ2n) is 7.52. The van der Waals surface area contributed by atoms with Gasteiger partial charge in [0.05, 0.1) is 11.2 Å². The van der Waals surface area contributed by atoms with Crippen LogP contribution in [0.25, 0.3) is 10.9 Å². The third-order valence-corrected chi connectivity index (χ3v) is 5.16. The van der Waals surface area contributed by atoms with E-state index in [0.29, 0.717) is 0 Å². The van der Waals surface area contributed by atoms with Crippen LogP contribution in [0, 0.1) is 27.7 Å². The average molecular weight is 380 g/mol. The van der Waals surface area contributed by atoms with Crippen LogP contribution in [-0.2, 0) is 0 Å². The van der Waals surface area contributed by atoms with Crippen molar-refractivity contribution in [1.29, 1.82) is 0 Å². The van der Waals surface area contributed by atoms with Gasteiger partial charge in [0.1, 0.15) is 0 Å². The molecule has 144 valence electrons. The third kappa shape index (κ3) is 4.04. The SMILES string of the molecule is Cc1cc(C)c2ccc(Nc3ccccc3C=Nc3c(C)cccc3C)cc2n1. The number of hydrogen-bond acceptors (Lipinski definition) is 3. The molecule has 0 spiro atoms. The van der Waals surface area contributed by atoms with Gasteiger partial charge in [-0.25, -0.2) is 0 Å². The highest BCUT2D eigenvalue weighted by Gasteiger charge is 2.05. The predicted octanol–water partition coefficient (Wildman–Crippen LogP) is 6.96. The molecule has 3 heteroatoms. The Hall–Kier alpha value is -3.46. The number of aliphatic imine (C=N–C) groups is 1. The molecule has 0 fully saturated rings. The lowest BCUT2D eigenvalue weighted by atomic mass is 10.1. The lowest BCUT2D eigenvalue weighted by molar-refractivity contribution is 1.23. The van der Waals surface area contributed by atoms with Crippen molar-refractivity contribution in [2.75, 3.05) is 5.32 Å². The highest BCUT2D eigenvalue weighted by molar-refractivity contribution is 5.92. The summed E-state index contributed by atoms with van der Waals surface area (Å²) in [6.45, 7) is 8.35. The van der Waals surface area contributed by atoms with Gasteiger partial charge in [0.25, 0.3) is 0 Å². The molecule has 0 saturated heterocycles. The molecule has 1 aromatic heterocycles. The molecule has 0 bridgehead atoms. The fourth-order valence-corrected chi connectivity index (χ4v) is 3.67. The van der Waals surface area contributed by atoms with Crippen molar-refractivity contribution in [2.24, 2.45) is 4.99 Å². The Bertz CT molecular complexity index is 1200.